The van der Waals surface area contributed by atoms with Gasteiger partial charge in [0, 0.05) is 44.7 Å². The maximum absolute atomic E-state index is 13.5. The molecule has 1 saturated heterocycles. The molecule has 0 unspecified atom stereocenters. The molecule has 1 aromatic rings. The lowest BCUT2D eigenvalue weighted by molar-refractivity contribution is -0.137. The van der Waals surface area contributed by atoms with Crippen molar-refractivity contribution in [3.63, 3.8) is 0 Å². The Balaban J connectivity index is 1.93. The third kappa shape index (κ3) is 10.1. The third-order valence-corrected chi connectivity index (χ3v) is 7.20. The molecule has 3 atom stereocenters. The first kappa shape index (κ1) is 33.1. The van der Waals surface area contributed by atoms with Crippen molar-refractivity contribution in [2.24, 2.45) is 5.73 Å². The molecule has 0 aromatic heterocycles. The van der Waals surface area contributed by atoms with Gasteiger partial charge in [0.2, 0.25) is 17.7 Å². The Labute approximate surface area is 249 Å². The van der Waals surface area contributed by atoms with Crippen LogP contribution in [0, 0.1) is 0 Å². The molecule has 2 aliphatic heterocycles. The van der Waals surface area contributed by atoms with Crippen LogP contribution < -0.4 is 37.1 Å². The normalized spacial score (nSPS) is 21.7. The SMILES string of the molecule is CCCCC[C@@H]1NC(=O)[C@H](CCC(=O)O)NC(=O)c2cc(NC(=O)N3CCNCC3)ccc2OCC[C@@H](C(N)=O)NC1=O. The van der Waals surface area contributed by atoms with Gasteiger partial charge in [-0.2, -0.15) is 0 Å². The molecule has 0 bridgehead atoms. The first-order chi connectivity index (χ1) is 20.6. The summed E-state index contributed by atoms with van der Waals surface area (Å²) in [7, 11) is 0. The summed E-state index contributed by atoms with van der Waals surface area (Å²) in [6.07, 6.45) is 1.80. The van der Waals surface area contributed by atoms with Gasteiger partial charge in [-0.3, -0.25) is 24.0 Å². The van der Waals surface area contributed by atoms with E-state index in [1.807, 2.05) is 6.92 Å². The number of amides is 6. The van der Waals surface area contributed by atoms with Gasteiger partial charge in [-0.05, 0) is 31.0 Å². The Kier molecular flexibility index (Phi) is 12.5. The second-order valence-corrected chi connectivity index (χ2v) is 10.5. The maximum Gasteiger partial charge on any atom is 0.321 e. The molecular weight excluding hydrogens is 562 g/mol. The zero-order valence-corrected chi connectivity index (χ0v) is 24.3. The minimum Gasteiger partial charge on any atom is -0.493 e. The topological polar surface area (TPSA) is 221 Å². The van der Waals surface area contributed by atoms with Crippen LogP contribution in [0.1, 0.15) is 62.2 Å². The van der Waals surface area contributed by atoms with Crippen molar-refractivity contribution < 1.29 is 38.6 Å². The van der Waals surface area contributed by atoms with Gasteiger partial charge in [-0.1, -0.05) is 26.2 Å². The van der Waals surface area contributed by atoms with Gasteiger partial charge in [0.25, 0.3) is 5.91 Å². The van der Waals surface area contributed by atoms with Gasteiger partial charge in [-0.15, -0.1) is 0 Å². The molecule has 0 aliphatic carbocycles. The number of aliphatic carboxylic acids is 1. The summed E-state index contributed by atoms with van der Waals surface area (Å²) < 4.78 is 5.82. The number of carbonyl (C=O) groups excluding carboxylic acids is 5. The van der Waals surface area contributed by atoms with Crippen molar-refractivity contribution in [1.29, 1.82) is 0 Å². The van der Waals surface area contributed by atoms with Gasteiger partial charge in [0.05, 0.1) is 12.2 Å². The van der Waals surface area contributed by atoms with E-state index in [-0.39, 0.29) is 43.2 Å². The molecule has 6 amide bonds. The van der Waals surface area contributed by atoms with Crippen LogP contribution in [0.15, 0.2) is 18.2 Å². The van der Waals surface area contributed by atoms with Crippen LogP contribution in [0.4, 0.5) is 10.5 Å². The number of benzene rings is 1. The second-order valence-electron chi connectivity index (χ2n) is 10.5. The van der Waals surface area contributed by atoms with E-state index >= 15 is 0 Å². The summed E-state index contributed by atoms with van der Waals surface area (Å²) in [5.74, 6) is -4.03. The van der Waals surface area contributed by atoms with Crippen LogP contribution in [-0.4, -0.2) is 96.5 Å². The number of anilines is 1. The second kappa shape index (κ2) is 16.3. The number of ether oxygens (including phenoxy) is 1. The number of nitrogens with one attached hydrogen (secondary N) is 5. The van der Waals surface area contributed by atoms with Crippen LogP contribution in [0.25, 0.3) is 0 Å². The van der Waals surface area contributed by atoms with E-state index in [0.29, 0.717) is 38.3 Å². The molecule has 2 heterocycles. The molecule has 1 aromatic carbocycles. The minimum absolute atomic E-state index is 0.0134. The summed E-state index contributed by atoms with van der Waals surface area (Å²) in [4.78, 5) is 77.9. The number of rotatable bonds is 9. The zero-order valence-electron chi connectivity index (χ0n) is 24.3. The zero-order chi connectivity index (χ0) is 31.4. The van der Waals surface area contributed by atoms with E-state index in [2.05, 4.69) is 26.6 Å². The van der Waals surface area contributed by atoms with Crippen molar-refractivity contribution in [3.8, 4) is 5.75 Å². The molecule has 1 fully saturated rings. The fourth-order valence-corrected chi connectivity index (χ4v) is 4.74. The van der Waals surface area contributed by atoms with E-state index in [1.54, 1.807) is 4.90 Å². The van der Waals surface area contributed by atoms with Gasteiger partial charge in [-0.25, -0.2) is 4.79 Å². The molecule has 15 heteroatoms. The molecule has 8 N–H and O–H groups in total. The van der Waals surface area contributed by atoms with Crippen LogP contribution in [-0.2, 0) is 19.2 Å². The van der Waals surface area contributed by atoms with Crippen molar-refractivity contribution in [1.82, 2.24) is 26.2 Å². The Morgan fingerprint density at radius 3 is 2.40 bits per heavy atom. The number of unbranched alkanes of at least 4 members (excludes halogenated alkanes) is 2. The quantitative estimate of drug-likeness (QED) is 0.187. The van der Waals surface area contributed by atoms with E-state index < -0.39 is 54.1 Å². The number of piperazine rings is 1. The predicted molar refractivity (Wildman–Crippen MR) is 155 cm³/mol. The van der Waals surface area contributed by atoms with Gasteiger partial charge in [0.15, 0.2) is 0 Å². The van der Waals surface area contributed by atoms with E-state index in [1.165, 1.54) is 18.2 Å². The lowest BCUT2D eigenvalue weighted by atomic mass is 10.0. The number of nitrogens with two attached hydrogens (primary N) is 1. The predicted octanol–water partition coefficient (Wildman–Crippen LogP) is -0.0954. The maximum atomic E-state index is 13.5. The monoisotopic (exact) mass is 603 g/mol. The number of hydrogen-bond acceptors (Lipinski definition) is 8. The summed E-state index contributed by atoms with van der Waals surface area (Å²) in [6.45, 7) is 4.21. The van der Waals surface area contributed by atoms with Crippen molar-refractivity contribution >= 4 is 41.3 Å². The van der Waals surface area contributed by atoms with Crippen LogP contribution in [0.3, 0.4) is 0 Å². The Hall–Kier alpha value is -4.40. The van der Waals surface area contributed by atoms with Crippen LogP contribution in [0.5, 0.6) is 5.75 Å². The summed E-state index contributed by atoms with van der Waals surface area (Å²) >= 11 is 0. The van der Waals surface area contributed by atoms with Crippen molar-refractivity contribution in [2.45, 2.75) is 70.0 Å². The number of primary amides is 1. The first-order valence-electron chi connectivity index (χ1n) is 14.5. The molecule has 0 saturated carbocycles. The summed E-state index contributed by atoms with van der Waals surface area (Å²) in [6, 6.07) is 0.569. The number of fused-ring (bicyclic) bond motifs is 1. The van der Waals surface area contributed by atoms with E-state index in [0.717, 1.165) is 12.8 Å². The van der Waals surface area contributed by atoms with E-state index in [9.17, 15) is 33.9 Å². The molecule has 15 nitrogen and oxygen atoms in total. The molecule has 236 valence electrons. The number of nitrogens with zero attached hydrogens (tertiary/aromatic N) is 1. The Morgan fingerprint density at radius 2 is 1.72 bits per heavy atom. The lowest BCUT2D eigenvalue weighted by Crippen LogP contribution is -2.56. The standard InChI is InChI=1S/C28H41N7O8/c1-2-3-4-5-20-26(40)32-19(24(29)38)10-15-43-22-8-6-17(31-28(42)35-13-11-30-12-14-35)16-18(22)25(39)33-21(27(41)34-20)7-9-23(36)37/h6,8,16,19-21,30H,2-5,7,9-15H2,1H3,(H2,29,38)(H,31,42)(H,32,40)(H,33,39)(H,34,41)(H,36,37)/t19-,20-,21-/m0/s1. The van der Waals surface area contributed by atoms with Gasteiger partial charge >= 0.3 is 12.0 Å². The molecular formula is C28H41N7O8. The summed E-state index contributed by atoms with van der Waals surface area (Å²) in [5, 5.41) is 23.0. The Bertz CT molecular complexity index is 1190. The van der Waals surface area contributed by atoms with Crippen LogP contribution >= 0.6 is 0 Å². The summed E-state index contributed by atoms with van der Waals surface area (Å²) in [5.41, 5.74) is 5.80. The highest BCUT2D eigenvalue weighted by molar-refractivity contribution is 6.02. The number of carboxylic acids is 1. The molecule has 43 heavy (non-hydrogen) atoms. The molecule has 3 rings (SSSR count). The number of carbonyl (C=O) groups is 6. The highest BCUT2D eigenvalue weighted by Gasteiger charge is 2.31. The molecule has 2 aliphatic rings. The fraction of sp³-hybridized carbons (Fsp3) is 0.571. The van der Waals surface area contributed by atoms with E-state index in [4.69, 9.17) is 10.5 Å². The van der Waals surface area contributed by atoms with Gasteiger partial charge < -0.3 is 47.1 Å². The minimum atomic E-state index is -1.31. The molecule has 0 spiro atoms. The average molecular weight is 604 g/mol. The van der Waals surface area contributed by atoms with Crippen molar-refractivity contribution in [3.05, 3.63) is 23.8 Å². The smallest absolute Gasteiger partial charge is 0.321 e. The lowest BCUT2D eigenvalue weighted by Gasteiger charge is -2.28. The number of hydrogen-bond donors (Lipinski definition) is 7. The number of urea groups is 1. The third-order valence-electron chi connectivity index (χ3n) is 7.20. The highest BCUT2D eigenvalue weighted by Crippen LogP contribution is 2.24. The largest absolute Gasteiger partial charge is 0.493 e. The number of carboxylic acid groups (broad SMARTS) is 1. The van der Waals surface area contributed by atoms with Crippen LogP contribution in [0.2, 0.25) is 0 Å². The van der Waals surface area contributed by atoms with Gasteiger partial charge in [0.1, 0.15) is 23.9 Å². The first-order valence-corrected chi connectivity index (χ1v) is 14.5. The molecule has 0 radical (unpaired) electrons. The average Bonchev–Trinajstić information content (AvgIpc) is 2.98. The fourth-order valence-electron chi connectivity index (χ4n) is 4.74. The highest BCUT2D eigenvalue weighted by atomic mass is 16.5. The van der Waals surface area contributed by atoms with Crippen molar-refractivity contribution in [2.75, 3.05) is 38.1 Å². The Morgan fingerprint density at radius 1 is 1.02 bits per heavy atom.